The normalized spacial score (nSPS) is 17.9. The first-order valence-electron chi connectivity index (χ1n) is 8.45. The largest absolute Gasteiger partial charge is 0.491 e. The van der Waals surface area contributed by atoms with Crippen LogP contribution >= 0.6 is 0 Å². The first-order valence-corrected chi connectivity index (χ1v) is 8.45. The topological polar surface area (TPSA) is 85.6 Å². The van der Waals surface area contributed by atoms with Crippen LogP contribution in [0.3, 0.4) is 0 Å². The zero-order chi connectivity index (χ0) is 17.6. The SMILES string of the molecule is Cc1cc(NC(=O)[C@H](C)Nc2ccc(OC[C@@H]3CCCO3)cc2)on1. The van der Waals surface area contributed by atoms with Gasteiger partial charge in [0.2, 0.25) is 11.8 Å². The minimum atomic E-state index is -0.427. The number of benzene rings is 1. The first kappa shape index (κ1) is 17.3. The molecule has 0 aliphatic carbocycles. The number of hydrogen-bond acceptors (Lipinski definition) is 6. The van der Waals surface area contributed by atoms with Crippen molar-refractivity contribution in [2.45, 2.75) is 38.8 Å². The van der Waals surface area contributed by atoms with E-state index in [1.165, 1.54) is 0 Å². The summed E-state index contributed by atoms with van der Waals surface area (Å²) >= 11 is 0. The highest BCUT2D eigenvalue weighted by atomic mass is 16.5. The van der Waals surface area contributed by atoms with Crippen molar-refractivity contribution in [3.63, 3.8) is 0 Å². The molecule has 3 rings (SSSR count). The van der Waals surface area contributed by atoms with E-state index in [1.807, 2.05) is 24.3 Å². The molecule has 25 heavy (non-hydrogen) atoms. The van der Waals surface area contributed by atoms with Crippen molar-refractivity contribution in [2.75, 3.05) is 23.8 Å². The van der Waals surface area contributed by atoms with Crippen molar-refractivity contribution in [1.82, 2.24) is 5.16 Å². The molecule has 1 aromatic heterocycles. The Morgan fingerprint density at radius 1 is 1.40 bits per heavy atom. The summed E-state index contributed by atoms with van der Waals surface area (Å²) in [7, 11) is 0. The predicted octanol–water partition coefficient (Wildman–Crippen LogP) is 2.98. The number of aromatic nitrogens is 1. The number of nitrogens with zero attached hydrogens (tertiary/aromatic N) is 1. The summed E-state index contributed by atoms with van der Waals surface area (Å²) in [5.41, 5.74) is 1.55. The monoisotopic (exact) mass is 345 g/mol. The summed E-state index contributed by atoms with van der Waals surface area (Å²) in [6, 6.07) is 8.76. The van der Waals surface area contributed by atoms with Crippen LogP contribution in [0.15, 0.2) is 34.9 Å². The molecule has 1 saturated heterocycles. The Labute approximate surface area is 146 Å². The Hall–Kier alpha value is -2.54. The Kier molecular flexibility index (Phi) is 5.55. The van der Waals surface area contributed by atoms with Gasteiger partial charge in [0.25, 0.3) is 0 Å². The molecule has 0 spiro atoms. The number of ether oxygens (including phenoxy) is 2. The Morgan fingerprint density at radius 2 is 2.20 bits per heavy atom. The zero-order valence-electron chi connectivity index (χ0n) is 14.5. The summed E-state index contributed by atoms with van der Waals surface area (Å²) in [5.74, 6) is 0.930. The van der Waals surface area contributed by atoms with Crippen LogP contribution in [0.2, 0.25) is 0 Å². The highest BCUT2D eigenvalue weighted by Gasteiger charge is 2.17. The van der Waals surface area contributed by atoms with Crippen LogP contribution in [0.5, 0.6) is 5.75 Å². The Balaban J connectivity index is 1.47. The van der Waals surface area contributed by atoms with Crippen LogP contribution in [-0.2, 0) is 9.53 Å². The Bertz CT molecular complexity index is 693. The molecule has 0 unspecified atom stereocenters. The van der Waals surface area contributed by atoms with E-state index in [0.717, 1.165) is 36.6 Å². The maximum atomic E-state index is 12.1. The van der Waals surface area contributed by atoms with Crippen LogP contribution in [0.1, 0.15) is 25.5 Å². The summed E-state index contributed by atoms with van der Waals surface area (Å²) in [6.45, 7) is 4.97. The minimum absolute atomic E-state index is 0.196. The second kappa shape index (κ2) is 8.02. The average Bonchev–Trinajstić information content (AvgIpc) is 3.26. The van der Waals surface area contributed by atoms with Gasteiger partial charge >= 0.3 is 0 Å². The second-order valence-corrected chi connectivity index (χ2v) is 6.16. The van der Waals surface area contributed by atoms with Gasteiger partial charge in [0, 0.05) is 18.4 Å². The molecule has 2 atom stereocenters. The molecule has 2 N–H and O–H groups in total. The van der Waals surface area contributed by atoms with Crippen LogP contribution in [0.25, 0.3) is 0 Å². The summed E-state index contributed by atoms with van der Waals surface area (Å²) in [6.07, 6.45) is 2.35. The Morgan fingerprint density at radius 3 is 2.84 bits per heavy atom. The van der Waals surface area contributed by atoms with Crippen molar-refractivity contribution in [3.05, 3.63) is 36.0 Å². The number of anilines is 2. The van der Waals surface area contributed by atoms with E-state index in [2.05, 4.69) is 15.8 Å². The van der Waals surface area contributed by atoms with Crippen LogP contribution in [-0.4, -0.2) is 36.4 Å². The molecule has 1 aliphatic heterocycles. The number of carbonyl (C=O) groups excluding carboxylic acids is 1. The molecule has 7 heteroatoms. The van der Waals surface area contributed by atoms with Gasteiger partial charge in [0.15, 0.2) is 0 Å². The number of hydrogen-bond donors (Lipinski definition) is 2. The molecule has 1 aliphatic rings. The van der Waals surface area contributed by atoms with Gasteiger partial charge in [-0.05, 0) is 51.0 Å². The lowest BCUT2D eigenvalue weighted by molar-refractivity contribution is -0.116. The summed E-state index contributed by atoms with van der Waals surface area (Å²) < 4.78 is 16.2. The van der Waals surface area contributed by atoms with Crippen LogP contribution in [0, 0.1) is 6.92 Å². The quantitative estimate of drug-likeness (QED) is 0.802. The standard InChI is InChI=1S/C18H23N3O4/c1-12-10-17(25-21-12)20-18(22)13(2)19-14-5-7-15(8-6-14)24-11-16-4-3-9-23-16/h5-8,10,13,16,19H,3-4,9,11H2,1-2H3,(H,20,22)/t13-,16-/m0/s1. The van der Waals surface area contributed by atoms with Gasteiger partial charge in [0.05, 0.1) is 11.8 Å². The molecular weight excluding hydrogens is 322 g/mol. The number of amides is 1. The highest BCUT2D eigenvalue weighted by molar-refractivity contribution is 5.95. The van der Waals surface area contributed by atoms with Gasteiger partial charge in [-0.3, -0.25) is 10.1 Å². The molecule has 2 heterocycles. The third-order valence-electron chi connectivity index (χ3n) is 3.97. The maximum absolute atomic E-state index is 12.1. The van der Waals surface area contributed by atoms with Crippen molar-refractivity contribution >= 4 is 17.5 Å². The van der Waals surface area contributed by atoms with Gasteiger partial charge in [-0.25, -0.2) is 0 Å². The van der Waals surface area contributed by atoms with Crippen LogP contribution < -0.4 is 15.4 Å². The molecule has 7 nitrogen and oxygen atoms in total. The lowest BCUT2D eigenvalue weighted by Crippen LogP contribution is -2.31. The van der Waals surface area contributed by atoms with E-state index in [0.29, 0.717) is 12.5 Å². The fourth-order valence-corrected chi connectivity index (χ4v) is 2.58. The lowest BCUT2D eigenvalue weighted by atomic mass is 10.2. The van der Waals surface area contributed by atoms with Gasteiger partial charge in [-0.2, -0.15) is 0 Å². The van der Waals surface area contributed by atoms with Crippen molar-refractivity contribution in [2.24, 2.45) is 0 Å². The predicted molar refractivity (Wildman–Crippen MR) is 93.9 cm³/mol. The molecule has 1 aromatic carbocycles. The van der Waals surface area contributed by atoms with Gasteiger partial charge in [-0.1, -0.05) is 5.16 Å². The van der Waals surface area contributed by atoms with E-state index in [9.17, 15) is 4.79 Å². The molecule has 0 radical (unpaired) electrons. The van der Waals surface area contributed by atoms with Gasteiger partial charge < -0.3 is 19.3 Å². The smallest absolute Gasteiger partial charge is 0.248 e. The first-order chi connectivity index (χ1) is 12.1. The van der Waals surface area contributed by atoms with Gasteiger partial charge in [-0.15, -0.1) is 0 Å². The molecular formula is C18H23N3O4. The highest BCUT2D eigenvalue weighted by Crippen LogP contribution is 2.19. The molecule has 1 amide bonds. The molecule has 2 aromatic rings. The molecule has 134 valence electrons. The van der Waals surface area contributed by atoms with Crippen LogP contribution in [0.4, 0.5) is 11.6 Å². The van der Waals surface area contributed by atoms with E-state index in [4.69, 9.17) is 14.0 Å². The molecule has 1 fully saturated rings. The number of nitrogens with one attached hydrogen (secondary N) is 2. The molecule has 0 bridgehead atoms. The number of carbonyl (C=O) groups is 1. The second-order valence-electron chi connectivity index (χ2n) is 6.16. The lowest BCUT2D eigenvalue weighted by Gasteiger charge is -2.15. The van der Waals surface area contributed by atoms with E-state index in [-0.39, 0.29) is 12.0 Å². The summed E-state index contributed by atoms with van der Waals surface area (Å²) in [4.78, 5) is 12.1. The molecule has 0 saturated carbocycles. The van der Waals surface area contributed by atoms with E-state index >= 15 is 0 Å². The van der Waals surface area contributed by atoms with Crippen molar-refractivity contribution in [1.29, 1.82) is 0 Å². The van der Waals surface area contributed by atoms with E-state index < -0.39 is 6.04 Å². The van der Waals surface area contributed by atoms with Crippen molar-refractivity contribution < 1.29 is 18.8 Å². The fraction of sp³-hybridized carbons (Fsp3) is 0.444. The van der Waals surface area contributed by atoms with E-state index in [1.54, 1.807) is 19.9 Å². The fourth-order valence-electron chi connectivity index (χ4n) is 2.58. The minimum Gasteiger partial charge on any atom is -0.491 e. The van der Waals surface area contributed by atoms with Gasteiger partial charge in [0.1, 0.15) is 18.4 Å². The van der Waals surface area contributed by atoms with Crippen molar-refractivity contribution in [3.8, 4) is 5.75 Å². The third kappa shape index (κ3) is 4.96. The third-order valence-corrected chi connectivity index (χ3v) is 3.97. The summed E-state index contributed by atoms with van der Waals surface area (Å²) in [5, 5.41) is 9.55. The zero-order valence-corrected chi connectivity index (χ0v) is 14.5. The maximum Gasteiger partial charge on any atom is 0.248 e. The average molecular weight is 345 g/mol. The number of aryl methyl sites for hydroxylation is 1. The number of rotatable bonds is 7.